The van der Waals surface area contributed by atoms with Crippen molar-refractivity contribution >= 4 is 0 Å². The zero-order valence-electron chi connectivity index (χ0n) is 7.34. The van der Waals surface area contributed by atoms with Gasteiger partial charge < -0.3 is 5.32 Å². The molecule has 1 saturated heterocycles. The smallest absolute Gasteiger partial charge is 0.0180 e. The van der Waals surface area contributed by atoms with E-state index in [0.29, 0.717) is 5.41 Å². The van der Waals surface area contributed by atoms with Crippen molar-refractivity contribution in [3.8, 4) is 0 Å². The Kier molecular flexibility index (Phi) is 1.10. The second-order valence-corrected chi connectivity index (χ2v) is 4.50. The van der Waals surface area contributed by atoms with Gasteiger partial charge in [0.05, 0.1) is 0 Å². The Hall–Kier alpha value is -0.720. The molecular formula is C11H15N. The van der Waals surface area contributed by atoms with E-state index >= 15 is 0 Å². The van der Waals surface area contributed by atoms with Crippen molar-refractivity contribution in [2.75, 3.05) is 6.54 Å². The first-order chi connectivity index (χ1) is 5.81. The zero-order valence-corrected chi connectivity index (χ0v) is 7.34. The minimum Gasteiger partial charge on any atom is -0.388 e. The molecule has 1 heteroatoms. The van der Waals surface area contributed by atoms with Gasteiger partial charge in [0, 0.05) is 17.7 Å². The second kappa shape index (κ2) is 1.95. The molecule has 3 atom stereocenters. The van der Waals surface area contributed by atoms with Crippen LogP contribution in [0.4, 0.5) is 0 Å². The highest BCUT2D eigenvalue weighted by Gasteiger charge is 2.51. The fourth-order valence-corrected chi connectivity index (χ4v) is 3.35. The Labute approximate surface area is 73.5 Å². The van der Waals surface area contributed by atoms with Gasteiger partial charge in [0.25, 0.3) is 0 Å². The van der Waals surface area contributed by atoms with Gasteiger partial charge in [0.15, 0.2) is 0 Å². The predicted octanol–water partition coefficient (Wildman–Crippen LogP) is 2.08. The molecule has 0 aromatic heterocycles. The second-order valence-electron chi connectivity index (χ2n) is 4.50. The minimum atomic E-state index is 0.472. The van der Waals surface area contributed by atoms with Gasteiger partial charge in [0.2, 0.25) is 0 Å². The molecule has 2 fully saturated rings. The van der Waals surface area contributed by atoms with Gasteiger partial charge in [-0.05, 0) is 31.1 Å². The largest absolute Gasteiger partial charge is 0.388 e. The van der Waals surface area contributed by atoms with Gasteiger partial charge in [-0.25, -0.2) is 0 Å². The summed E-state index contributed by atoms with van der Waals surface area (Å²) in [7, 11) is 0. The molecule has 0 radical (unpaired) electrons. The monoisotopic (exact) mass is 161 g/mol. The van der Waals surface area contributed by atoms with Crippen LogP contribution in [0.25, 0.3) is 0 Å². The summed E-state index contributed by atoms with van der Waals surface area (Å²) in [6.07, 6.45) is 8.89. The van der Waals surface area contributed by atoms with Crippen LogP contribution in [-0.2, 0) is 0 Å². The van der Waals surface area contributed by atoms with Gasteiger partial charge in [0.1, 0.15) is 0 Å². The summed E-state index contributed by atoms with van der Waals surface area (Å²) in [5, 5.41) is 3.41. The minimum absolute atomic E-state index is 0.472. The molecule has 1 spiro atoms. The van der Waals surface area contributed by atoms with Gasteiger partial charge in [-0.1, -0.05) is 18.7 Å². The lowest BCUT2D eigenvalue weighted by Gasteiger charge is -2.31. The molecule has 0 amide bonds. The summed E-state index contributed by atoms with van der Waals surface area (Å²) in [5.74, 6) is 1.68. The van der Waals surface area contributed by atoms with Crippen LogP contribution in [0.3, 0.4) is 0 Å². The lowest BCUT2D eigenvalue weighted by molar-refractivity contribution is 0.305. The van der Waals surface area contributed by atoms with Crippen LogP contribution in [0.2, 0.25) is 0 Å². The summed E-state index contributed by atoms with van der Waals surface area (Å²) in [5.41, 5.74) is 1.79. The lowest BCUT2D eigenvalue weighted by atomic mass is 9.73. The molecule has 1 N–H and O–H groups in total. The molecule has 12 heavy (non-hydrogen) atoms. The van der Waals surface area contributed by atoms with E-state index in [1.165, 1.54) is 25.0 Å². The standard InChI is InChI=1S/C11H15N/c1-8-11(4-5-12-8)7-9-2-3-10(11)6-9/h2-3,9-10,12H,1,4-7H2. The molecule has 1 heterocycles. The third-order valence-corrected chi connectivity index (χ3v) is 4.02. The van der Waals surface area contributed by atoms with Gasteiger partial charge >= 0.3 is 0 Å². The van der Waals surface area contributed by atoms with Crippen molar-refractivity contribution in [2.24, 2.45) is 17.3 Å². The maximum absolute atomic E-state index is 4.16. The van der Waals surface area contributed by atoms with Crippen molar-refractivity contribution in [1.29, 1.82) is 0 Å². The van der Waals surface area contributed by atoms with E-state index in [1.807, 2.05) is 0 Å². The number of rotatable bonds is 0. The molecule has 1 saturated carbocycles. The Bertz CT molecular complexity index is 266. The van der Waals surface area contributed by atoms with Crippen molar-refractivity contribution in [2.45, 2.75) is 19.3 Å². The Morgan fingerprint density at radius 2 is 2.42 bits per heavy atom. The molecule has 1 aliphatic heterocycles. The van der Waals surface area contributed by atoms with Crippen molar-refractivity contribution in [3.63, 3.8) is 0 Å². The van der Waals surface area contributed by atoms with Crippen LogP contribution >= 0.6 is 0 Å². The number of fused-ring (bicyclic) bond motifs is 3. The number of allylic oxidation sites excluding steroid dienone is 3. The van der Waals surface area contributed by atoms with Crippen molar-refractivity contribution in [3.05, 3.63) is 24.4 Å². The summed E-state index contributed by atoms with van der Waals surface area (Å²) in [4.78, 5) is 0. The first kappa shape index (κ1) is 6.76. The first-order valence-corrected chi connectivity index (χ1v) is 4.93. The van der Waals surface area contributed by atoms with Crippen LogP contribution in [-0.4, -0.2) is 6.54 Å². The first-order valence-electron chi connectivity index (χ1n) is 4.93. The maximum Gasteiger partial charge on any atom is 0.0180 e. The van der Waals surface area contributed by atoms with Gasteiger partial charge in [-0.3, -0.25) is 0 Å². The van der Waals surface area contributed by atoms with Crippen LogP contribution in [0.5, 0.6) is 0 Å². The van der Waals surface area contributed by atoms with Crippen LogP contribution in [0.15, 0.2) is 24.4 Å². The fraction of sp³-hybridized carbons (Fsp3) is 0.636. The van der Waals surface area contributed by atoms with E-state index in [-0.39, 0.29) is 0 Å². The molecule has 1 nitrogen and oxygen atoms in total. The molecular weight excluding hydrogens is 146 g/mol. The van der Waals surface area contributed by atoms with Crippen LogP contribution in [0, 0.1) is 17.3 Å². The number of hydrogen-bond donors (Lipinski definition) is 1. The highest BCUT2D eigenvalue weighted by Crippen LogP contribution is 2.58. The number of hydrogen-bond acceptors (Lipinski definition) is 1. The maximum atomic E-state index is 4.16. The lowest BCUT2D eigenvalue weighted by Crippen LogP contribution is -2.25. The summed E-state index contributed by atoms with van der Waals surface area (Å²) in [6, 6.07) is 0. The van der Waals surface area contributed by atoms with E-state index < -0.39 is 0 Å². The molecule has 64 valence electrons. The molecule has 3 rings (SSSR count). The quantitative estimate of drug-likeness (QED) is 0.536. The summed E-state index contributed by atoms with van der Waals surface area (Å²) in [6.45, 7) is 5.31. The third-order valence-electron chi connectivity index (χ3n) is 4.02. The van der Waals surface area contributed by atoms with E-state index in [4.69, 9.17) is 0 Å². The van der Waals surface area contributed by atoms with Crippen LogP contribution < -0.4 is 5.32 Å². The van der Waals surface area contributed by atoms with E-state index in [2.05, 4.69) is 24.0 Å². The van der Waals surface area contributed by atoms with E-state index in [9.17, 15) is 0 Å². The van der Waals surface area contributed by atoms with Crippen molar-refractivity contribution in [1.82, 2.24) is 5.32 Å². The van der Waals surface area contributed by atoms with Crippen molar-refractivity contribution < 1.29 is 0 Å². The highest BCUT2D eigenvalue weighted by molar-refractivity contribution is 5.27. The highest BCUT2D eigenvalue weighted by atomic mass is 15.0. The average molecular weight is 161 g/mol. The summed E-state index contributed by atoms with van der Waals surface area (Å²) >= 11 is 0. The summed E-state index contributed by atoms with van der Waals surface area (Å²) < 4.78 is 0. The molecule has 3 aliphatic rings. The zero-order chi connectivity index (χ0) is 8.18. The molecule has 0 aromatic carbocycles. The normalized spacial score (nSPS) is 49.2. The SMILES string of the molecule is C=C1NCCC12CC1C=CC2C1. The molecule has 0 aromatic rings. The van der Waals surface area contributed by atoms with Gasteiger partial charge in [-0.15, -0.1) is 0 Å². The Morgan fingerprint density at radius 1 is 1.50 bits per heavy atom. The molecule has 2 aliphatic carbocycles. The third kappa shape index (κ3) is 0.611. The number of nitrogens with one attached hydrogen (secondary N) is 1. The van der Waals surface area contributed by atoms with E-state index in [0.717, 1.165) is 18.4 Å². The molecule has 3 unspecified atom stereocenters. The predicted molar refractivity (Wildman–Crippen MR) is 49.5 cm³/mol. The van der Waals surface area contributed by atoms with Gasteiger partial charge in [-0.2, -0.15) is 0 Å². The molecule has 2 bridgehead atoms. The van der Waals surface area contributed by atoms with E-state index in [1.54, 1.807) is 0 Å². The Morgan fingerprint density at radius 3 is 2.92 bits per heavy atom. The topological polar surface area (TPSA) is 12.0 Å². The fourth-order valence-electron chi connectivity index (χ4n) is 3.35. The average Bonchev–Trinajstić information content (AvgIpc) is 2.69. The Balaban J connectivity index is 2.02. The van der Waals surface area contributed by atoms with Crippen LogP contribution in [0.1, 0.15) is 19.3 Å².